The second kappa shape index (κ2) is 10.5. The van der Waals surface area contributed by atoms with E-state index in [1.807, 2.05) is 13.8 Å². The first kappa shape index (κ1) is 23.7. The summed E-state index contributed by atoms with van der Waals surface area (Å²) in [5.74, 6) is -0.546. The number of nitrogen functional groups attached to an aromatic ring is 1. The first-order chi connectivity index (χ1) is 14.2. The third kappa shape index (κ3) is 5.53. The maximum absolute atomic E-state index is 13.0. The Balaban J connectivity index is 2.52. The van der Waals surface area contributed by atoms with Crippen molar-refractivity contribution in [2.75, 3.05) is 30.9 Å². The van der Waals surface area contributed by atoms with Gasteiger partial charge in [-0.2, -0.15) is 0 Å². The molecule has 1 amide bonds. The van der Waals surface area contributed by atoms with Gasteiger partial charge in [-0.25, -0.2) is 4.79 Å². The Kier molecular flexibility index (Phi) is 8.28. The monoisotopic (exact) mass is 454 g/mol. The lowest BCUT2D eigenvalue weighted by atomic mass is 10.2. The minimum absolute atomic E-state index is 0.0447. The minimum atomic E-state index is -0.758. The standard InChI is InChI=1S/C20H24Cl2N4O4/c1-12(2)11-26-18(23)17(19(28)24-20(26)29)25(9-10-30-3)16(27)8-7-13-14(21)5-4-6-15(13)22/h4-8,12H,9-11,23H2,1-3H3,(H,24,28,29)/b8-7+. The lowest BCUT2D eigenvalue weighted by Crippen LogP contribution is -2.42. The van der Waals surface area contributed by atoms with Crippen molar-refractivity contribution < 1.29 is 9.53 Å². The number of carbonyl (C=O) groups excluding carboxylic acids is 1. The summed E-state index contributed by atoms with van der Waals surface area (Å²) in [5.41, 5.74) is 5.10. The molecule has 0 radical (unpaired) electrons. The van der Waals surface area contributed by atoms with Crippen molar-refractivity contribution in [2.45, 2.75) is 20.4 Å². The first-order valence-corrected chi connectivity index (χ1v) is 9.98. The fourth-order valence-electron chi connectivity index (χ4n) is 2.81. The summed E-state index contributed by atoms with van der Waals surface area (Å²) in [7, 11) is 1.47. The van der Waals surface area contributed by atoms with Gasteiger partial charge in [-0.15, -0.1) is 0 Å². The number of hydrogen-bond donors (Lipinski definition) is 2. The minimum Gasteiger partial charge on any atom is -0.383 e. The summed E-state index contributed by atoms with van der Waals surface area (Å²) in [6.45, 7) is 4.28. The van der Waals surface area contributed by atoms with Crippen molar-refractivity contribution in [3.8, 4) is 0 Å². The van der Waals surface area contributed by atoms with Gasteiger partial charge in [0.2, 0.25) is 0 Å². The van der Waals surface area contributed by atoms with E-state index in [4.69, 9.17) is 33.7 Å². The second-order valence-electron chi connectivity index (χ2n) is 6.95. The normalized spacial score (nSPS) is 11.4. The molecule has 0 atom stereocenters. The van der Waals surface area contributed by atoms with Crippen LogP contribution in [0.5, 0.6) is 0 Å². The van der Waals surface area contributed by atoms with E-state index in [-0.39, 0.29) is 37.1 Å². The Morgan fingerprint density at radius 2 is 1.93 bits per heavy atom. The van der Waals surface area contributed by atoms with Gasteiger partial charge in [0, 0.05) is 41.9 Å². The Morgan fingerprint density at radius 3 is 2.50 bits per heavy atom. The number of carbonyl (C=O) groups is 1. The van der Waals surface area contributed by atoms with Gasteiger partial charge in [-0.3, -0.25) is 24.0 Å². The number of hydrogen-bond acceptors (Lipinski definition) is 5. The molecule has 2 rings (SSSR count). The first-order valence-electron chi connectivity index (χ1n) is 9.22. The molecule has 0 aliphatic heterocycles. The number of aromatic amines is 1. The molecule has 0 saturated heterocycles. The molecule has 0 fully saturated rings. The fraction of sp³-hybridized carbons (Fsp3) is 0.350. The van der Waals surface area contributed by atoms with Crippen LogP contribution in [-0.2, 0) is 16.1 Å². The zero-order chi connectivity index (χ0) is 22.4. The molecule has 30 heavy (non-hydrogen) atoms. The lowest BCUT2D eigenvalue weighted by Gasteiger charge is -2.23. The fourth-order valence-corrected chi connectivity index (χ4v) is 3.34. The van der Waals surface area contributed by atoms with Gasteiger partial charge in [0.25, 0.3) is 11.5 Å². The molecule has 1 aromatic carbocycles. The highest BCUT2D eigenvalue weighted by molar-refractivity contribution is 6.37. The van der Waals surface area contributed by atoms with E-state index in [1.165, 1.54) is 23.8 Å². The summed E-state index contributed by atoms with van der Waals surface area (Å²) in [6.07, 6.45) is 2.70. The highest BCUT2D eigenvalue weighted by atomic mass is 35.5. The molecule has 8 nitrogen and oxygen atoms in total. The maximum Gasteiger partial charge on any atom is 0.330 e. The predicted molar refractivity (Wildman–Crippen MR) is 120 cm³/mol. The zero-order valence-electron chi connectivity index (χ0n) is 16.9. The Morgan fingerprint density at radius 1 is 1.30 bits per heavy atom. The summed E-state index contributed by atoms with van der Waals surface area (Å²) < 4.78 is 6.30. The molecule has 0 aliphatic carbocycles. The molecule has 2 aromatic rings. The van der Waals surface area contributed by atoms with Crippen LogP contribution in [0, 0.1) is 5.92 Å². The molecule has 1 heterocycles. The number of nitrogens with zero attached hydrogens (tertiary/aromatic N) is 2. The van der Waals surface area contributed by atoms with Crippen molar-refractivity contribution in [1.82, 2.24) is 9.55 Å². The third-order valence-corrected chi connectivity index (χ3v) is 4.87. The highest BCUT2D eigenvalue weighted by Gasteiger charge is 2.23. The van der Waals surface area contributed by atoms with Crippen molar-refractivity contribution in [2.24, 2.45) is 5.92 Å². The maximum atomic E-state index is 13.0. The molecule has 0 spiro atoms. The van der Waals surface area contributed by atoms with Crippen LogP contribution < -0.4 is 21.9 Å². The van der Waals surface area contributed by atoms with Crippen molar-refractivity contribution in [1.29, 1.82) is 0 Å². The third-order valence-electron chi connectivity index (χ3n) is 4.21. The Labute approximate surface area is 183 Å². The van der Waals surface area contributed by atoms with Crippen LogP contribution in [0.25, 0.3) is 6.08 Å². The van der Waals surface area contributed by atoms with E-state index in [2.05, 4.69) is 4.98 Å². The zero-order valence-corrected chi connectivity index (χ0v) is 18.5. The topological polar surface area (TPSA) is 110 Å². The summed E-state index contributed by atoms with van der Waals surface area (Å²) in [5, 5.41) is 0.746. The van der Waals surface area contributed by atoms with Crippen LogP contribution in [0.15, 0.2) is 33.9 Å². The van der Waals surface area contributed by atoms with Gasteiger partial charge < -0.3 is 10.5 Å². The molecular formula is C20H24Cl2N4O4. The number of H-pyrrole nitrogens is 1. The summed E-state index contributed by atoms with van der Waals surface area (Å²) >= 11 is 12.3. The smallest absolute Gasteiger partial charge is 0.330 e. The number of ether oxygens (including phenoxy) is 1. The van der Waals surface area contributed by atoms with Crippen LogP contribution >= 0.6 is 23.2 Å². The summed E-state index contributed by atoms with van der Waals surface area (Å²) in [6, 6.07) is 4.97. The number of rotatable bonds is 8. The number of anilines is 2. The average Bonchev–Trinajstić information content (AvgIpc) is 2.66. The molecule has 0 bridgehead atoms. The summed E-state index contributed by atoms with van der Waals surface area (Å²) in [4.78, 5) is 41.1. The molecular weight excluding hydrogens is 431 g/mol. The van der Waals surface area contributed by atoms with Crippen molar-refractivity contribution in [3.63, 3.8) is 0 Å². The van der Waals surface area contributed by atoms with E-state index in [0.717, 1.165) is 4.90 Å². The van der Waals surface area contributed by atoms with E-state index in [9.17, 15) is 14.4 Å². The number of halogens is 2. The average molecular weight is 455 g/mol. The van der Waals surface area contributed by atoms with Crippen LogP contribution in [0.4, 0.5) is 11.5 Å². The van der Waals surface area contributed by atoms with Gasteiger partial charge in [-0.05, 0) is 24.1 Å². The number of aromatic nitrogens is 2. The van der Waals surface area contributed by atoms with Gasteiger partial charge in [0.15, 0.2) is 5.69 Å². The molecule has 0 saturated carbocycles. The second-order valence-corrected chi connectivity index (χ2v) is 7.76. The lowest BCUT2D eigenvalue weighted by molar-refractivity contribution is -0.114. The Hall–Kier alpha value is -2.55. The van der Waals surface area contributed by atoms with E-state index < -0.39 is 17.2 Å². The molecule has 0 unspecified atom stereocenters. The SMILES string of the molecule is COCCN(C(=O)/C=C/c1c(Cl)cccc1Cl)c1c(N)n(CC(C)C)c(=O)[nH]c1=O. The quantitative estimate of drug-likeness (QED) is 0.595. The van der Waals surface area contributed by atoms with Crippen molar-refractivity contribution in [3.05, 3.63) is 60.7 Å². The molecule has 162 valence electrons. The van der Waals surface area contributed by atoms with Crippen LogP contribution in [-0.4, -0.2) is 35.7 Å². The highest BCUT2D eigenvalue weighted by Crippen LogP contribution is 2.26. The van der Waals surface area contributed by atoms with E-state index in [1.54, 1.807) is 18.2 Å². The number of methoxy groups -OCH3 is 1. The van der Waals surface area contributed by atoms with E-state index in [0.29, 0.717) is 15.6 Å². The van der Waals surface area contributed by atoms with E-state index >= 15 is 0 Å². The van der Waals surface area contributed by atoms with Gasteiger partial charge in [0.05, 0.1) is 6.61 Å². The number of nitrogens with two attached hydrogens (primary N) is 1. The number of amides is 1. The Bertz CT molecular complexity index is 1040. The van der Waals surface area contributed by atoms with Crippen LogP contribution in [0.1, 0.15) is 19.4 Å². The predicted octanol–water partition coefficient (Wildman–Crippen LogP) is 2.77. The molecule has 0 aliphatic rings. The number of nitrogens with one attached hydrogen (secondary N) is 1. The molecule has 3 N–H and O–H groups in total. The van der Waals surface area contributed by atoms with Gasteiger partial charge in [-0.1, -0.05) is 43.1 Å². The van der Waals surface area contributed by atoms with Crippen LogP contribution in [0.2, 0.25) is 10.0 Å². The molecule has 1 aromatic heterocycles. The molecule has 10 heteroatoms. The van der Waals surface area contributed by atoms with Gasteiger partial charge in [0.1, 0.15) is 5.82 Å². The van der Waals surface area contributed by atoms with Crippen LogP contribution in [0.3, 0.4) is 0 Å². The number of benzene rings is 1. The largest absolute Gasteiger partial charge is 0.383 e. The van der Waals surface area contributed by atoms with Gasteiger partial charge >= 0.3 is 5.69 Å². The van der Waals surface area contributed by atoms with Crippen molar-refractivity contribution >= 4 is 46.7 Å².